The van der Waals surface area contributed by atoms with E-state index in [9.17, 15) is 4.79 Å². The molecular weight excluding hydrogens is 328 g/mol. The van der Waals surface area contributed by atoms with Gasteiger partial charge in [0.15, 0.2) is 0 Å². The molecule has 7 heteroatoms. The second kappa shape index (κ2) is 8.93. The van der Waals surface area contributed by atoms with Gasteiger partial charge in [-0.1, -0.05) is 47.0 Å². The van der Waals surface area contributed by atoms with Gasteiger partial charge in [-0.15, -0.1) is 0 Å². The fraction of sp³-hybridized carbons (Fsp3) is 0.235. The highest BCUT2D eigenvalue weighted by Crippen LogP contribution is 2.17. The lowest BCUT2D eigenvalue weighted by Gasteiger charge is -2.17. The molecule has 2 rings (SSSR count). The van der Waals surface area contributed by atoms with Crippen LogP contribution < -0.4 is 10.1 Å². The number of rotatable bonds is 7. The monoisotopic (exact) mass is 344 g/mol. The molecule has 0 amide bonds. The Labute approximate surface area is 145 Å². The first-order valence-electron chi connectivity index (χ1n) is 7.40. The molecule has 2 aromatic rings. The van der Waals surface area contributed by atoms with Gasteiger partial charge in [-0.25, -0.2) is 0 Å². The van der Waals surface area contributed by atoms with Gasteiger partial charge in [0.1, 0.15) is 11.8 Å². The van der Waals surface area contributed by atoms with E-state index < -0.39 is 12.0 Å². The maximum Gasteiger partial charge on any atom is 0.321 e. The van der Waals surface area contributed by atoms with Gasteiger partial charge in [-0.05, 0) is 42.3 Å². The third-order valence-corrected chi connectivity index (χ3v) is 3.66. The van der Waals surface area contributed by atoms with E-state index in [4.69, 9.17) is 21.9 Å². The van der Waals surface area contributed by atoms with Gasteiger partial charge in [0.25, 0.3) is 0 Å². The van der Waals surface area contributed by atoms with Gasteiger partial charge in [-0.3, -0.25) is 4.79 Å². The number of hydrogen-bond acceptors (Lipinski definition) is 4. The molecule has 0 heterocycles. The van der Waals surface area contributed by atoms with Crippen LogP contribution in [0.2, 0.25) is 5.02 Å². The quantitative estimate of drug-likeness (QED) is 0.267. The van der Waals surface area contributed by atoms with Crippen LogP contribution in [0.1, 0.15) is 18.5 Å². The van der Waals surface area contributed by atoms with Gasteiger partial charge < -0.3 is 10.1 Å². The van der Waals surface area contributed by atoms with Crippen molar-refractivity contribution in [3.05, 3.63) is 75.6 Å². The number of carbonyl (C=O) groups is 1. The lowest BCUT2D eigenvalue weighted by Crippen LogP contribution is -2.35. The summed E-state index contributed by atoms with van der Waals surface area (Å²) in [6, 6.07) is 15.2. The molecule has 0 aromatic heterocycles. The number of nitrogens with one attached hydrogen (secondary N) is 1. The smallest absolute Gasteiger partial charge is 0.321 e. The molecule has 0 saturated carbocycles. The molecule has 0 aliphatic carbocycles. The van der Waals surface area contributed by atoms with Gasteiger partial charge in [-0.2, -0.15) is 0 Å². The predicted molar refractivity (Wildman–Crippen MR) is 92.9 cm³/mol. The molecule has 24 heavy (non-hydrogen) atoms. The van der Waals surface area contributed by atoms with Crippen LogP contribution in [0.15, 0.2) is 59.7 Å². The van der Waals surface area contributed by atoms with E-state index in [2.05, 4.69) is 15.3 Å². The van der Waals surface area contributed by atoms with Crippen molar-refractivity contribution in [1.29, 1.82) is 0 Å². The second-order valence-electron chi connectivity index (χ2n) is 5.14. The van der Waals surface area contributed by atoms with Crippen molar-refractivity contribution < 1.29 is 9.53 Å². The SMILES string of the molecule is C[C@@H](NC[C@H](N=[N+]=[N-])C(=O)Oc1ccc(Cl)cc1)c1ccccc1. The summed E-state index contributed by atoms with van der Waals surface area (Å²) in [7, 11) is 0. The Balaban J connectivity index is 1.96. The highest BCUT2D eigenvalue weighted by molar-refractivity contribution is 6.30. The van der Waals surface area contributed by atoms with Gasteiger partial charge in [0.2, 0.25) is 0 Å². The summed E-state index contributed by atoms with van der Waals surface area (Å²) < 4.78 is 5.22. The van der Waals surface area contributed by atoms with Crippen molar-refractivity contribution in [3.8, 4) is 5.75 Å². The minimum Gasteiger partial charge on any atom is -0.426 e. The lowest BCUT2D eigenvalue weighted by molar-refractivity contribution is -0.135. The standard InChI is InChI=1S/C17H17ClN4O2/c1-12(13-5-3-2-4-6-13)20-11-16(21-22-19)17(23)24-15-9-7-14(18)8-10-15/h2-10,12,16,20H,11H2,1H3/t12-,16+/m1/s1. The summed E-state index contributed by atoms with van der Waals surface area (Å²) in [4.78, 5) is 14.9. The summed E-state index contributed by atoms with van der Waals surface area (Å²) >= 11 is 5.79. The van der Waals surface area contributed by atoms with Crippen molar-refractivity contribution >= 4 is 17.6 Å². The summed E-state index contributed by atoms with van der Waals surface area (Å²) in [5.74, 6) is -0.276. The third kappa shape index (κ3) is 5.28. The van der Waals surface area contributed by atoms with Crippen molar-refractivity contribution in [2.24, 2.45) is 5.11 Å². The van der Waals surface area contributed by atoms with Crippen molar-refractivity contribution in [2.75, 3.05) is 6.54 Å². The second-order valence-corrected chi connectivity index (χ2v) is 5.57. The Bertz CT molecular complexity index is 715. The molecule has 2 aromatic carbocycles. The summed E-state index contributed by atoms with van der Waals surface area (Å²) in [5, 5.41) is 7.24. The Kier molecular flexibility index (Phi) is 6.63. The largest absolute Gasteiger partial charge is 0.426 e. The molecule has 0 spiro atoms. The summed E-state index contributed by atoms with van der Waals surface area (Å²) in [6.07, 6.45) is 0. The number of hydrogen-bond donors (Lipinski definition) is 1. The molecular formula is C17H17ClN4O2. The molecule has 0 bridgehead atoms. The summed E-state index contributed by atoms with van der Waals surface area (Å²) in [6.45, 7) is 2.14. The van der Waals surface area contributed by atoms with Crippen LogP contribution >= 0.6 is 11.6 Å². The number of benzene rings is 2. The number of esters is 1. The van der Waals surface area contributed by atoms with Crippen molar-refractivity contribution in [1.82, 2.24) is 5.32 Å². The molecule has 0 aliphatic rings. The number of halogens is 1. The molecule has 124 valence electrons. The zero-order valence-electron chi connectivity index (χ0n) is 13.1. The average Bonchev–Trinajstić information content (AvgIpc) is 2.61. The van der Waals surface area contributed by atoms with Gasteiger partial charge in [0, 0.05) is 22.5 Å². The Hall–Kier alpha value is -2.53. The first kappa shape index (κ1) is 17.8. The molecule has 0 unspecified atom stereocenters. The zero-order chi connectivity index (χ0) is 17.4. The molecule has 1 N–H and O–H groups in total. The molecule has 0 fully saturated rings. The van der Waals surface area contributed by atoms with Crippen molar-refractivity contribution in [3.63, 3.8) is 0 Å². The summed E-state index contributed by atoms with van der Waals surface area (Å²) in [5.41, 5.74) is 9.75. The first-order chi connectivity index (χ1) is 11.6. The molecule has 0 radical (unpaired) electrons. The van der Waals surface area contributed by atoms with Crippen LogP contribution in [-0.4, -0.2) is 18.6 Å². The Morgan fingerprint density at radius 2 is 1.92 bits per heavy atom. The highest BCUT2D eigenvalue weighted by atomic mass is 35.5. The lowest BCUT2D eigenvalue weighted by atomic mass is 10.1. The predicted octanol–water partition coefficient (Wildman–Crippen LogP) is 4.28. The van der Waals surface area contributed by atoms with Crippen molar-refractivity contribution in [2.45, 2.75) is 19.0 Å². The number of ether oxygens (including phenoxy) is 1. The number of nitrogens with zero attached hydrogens (tertiary/aromatic N) is 3. The molecule has 2 atom stereocenters. The zero-order valence-corrected chi connectivity index (χ0v) is 13.8. The van der Waals surface area contributed by atoms with Gasteiger partial charge in [0.05, 0.1) is 0 Å². The van der Waals surface area contributed by atoms with E-state index in [-0.39, 0.29) is 12.6 Å². The minimum absolute atomic E-state index is 0.00549. The maximum atomic E-state index is 12.2. The fourth-order valence-electron chi connectivity index (χ4n) is 2.07. The third-order valence-electron chi connectivity index (χ3n) is 3.41. The van der Waals surface area contributed by atoms with E-state index in [0.29, 0.717) is 10.8 Å². The maximum absolute atomic E-state index is 12.2. The van der Waals surface area contributed by atoms with Crippen LogP contribution in [0.25, 0.3) is 10.4 Å². The van der Waals surface area contributed by atoms with E-state index >= 15 is 0 Å². The van der Waals surface area contributed by atoms with Crippen LogP contribution in [0.3, 0.4) is 0 Å². The highest BCUT2D eigenvalue weighted by Gasteiger charge is 2.20. The topological polar surface area (TPSA) is 87.1 Å². The normalized spacial score (nSPS) is 12.8. The van der Waals surface area contributed by atoms with E-state index in [1.54, 1.807) is 24.3 Å². The average molecular weight is 345 g/mol. The van der Waals surface area contributed by atoms with E-state index in [1.807, 2.05) is 37.3 Å². The first-order valence-corrected chi connectivity index (χ1v) is 7.77. The Morgan fingerprint density at radius 3 is 2.54 bits per heavy atom. The Morgan fingerprint density at radius 1 is 1.25 bits per heavy atom. The molecule has 0 saturated heterocycles. The van der Waals surface area contributed by atoms with Crippen LogP contribution in [-0.2, 0) is 4.79 Å². The van der Waals surface area contributed by atoms with E-state index in [0.717, 1.165) is 5.56 Å². The van der Waals surface area contributed by atoms with Crippen LogP contribution in [0.5, 0.6) is 5.75 Å². The molecule has 6 nitrogen and oxygen atoms in total. The fourth-order valence-corrected chi connectivity index (χ4v) is 2.19. The van der Waals surface area contributed by atoms with E-state index in [1.165, 1.54) is 0 Å². The number of carbonyl (C=O) groups excluding carboxylic acids is 1. The van der Waals surface area contributed by atoms with Gasteiger partial charge >= 0.3 is 5.97 Å². The minimum atomic E-state index is -0.961. The van der Waals surface area contributed by atoms with Crippen LogP contribution in [0.4, 0.5) is 0 Å². The van der Waals surface area contributed by atoms with Crippen LogP contribution in [0, 0.1) is 0 Å². The molecule has 0 aliphatic heterocycles. The number of azide groups is 1.